The van der Waals surface area contributed by atoms with Gasteiger partial charge in [-0.25, -0.2) is 0 Å². The van der Waals surface area contributed by atoms with Gasteiger partial charge < -0.3 is 24.7 Å². The first kappa shape index (κ1) is 24.7. The molecule has 40 heavy (non-hydrogen) atoms. The monoisotopic (exact) mass is 532 g/mol. The smallest absolute Gasteiger partial charge is 0.271 e. The van der Waals surface area contributed by atoms with Crippen molar-refractivity contribution < 1.29 is 9.47 Å². The first-order valence-corrected chi connectivity index (χ1v) is 14.1. The number of nitrogens with one attached hydrogen (secondary N) is 2. The van der Waals surface area contributed by atoms with Crippen molar-refractivity contribution in [3.63, 3.8) is 0 Å². The van der Waals surface area contributed by atoms with Crippen LogP contribution in [0.15, 0.2) is 84.1 Å². The van der Waals surface area contributed by atoms with Gasteiger partial charge in [0.1, 0.15) is 23.3 Å². The number of fused-ring (bicyclic) bond motifs is 2. The van der Waals surface area contributed by atoms with Crippen molar-refractivity contribution >= 4 is 16.9 Å². The van der Waals surface area contributed by atoms with Crippen molar-refractivity contribution in [2.75, 3.05) is 29.9 Å². The lowest BCUT2D eigenvalue weighted by Crippen LogP contribution is -2.41. The van der Waals surface area contributed by atoms with E-state index in [0.717, 1.165) is 46.7 Å². The number of rotatable bonds is 6. The zero-order valence-electron chi connectivity index (χ0n) is 22.4. The number of H-pyrrole nitrogens is 1. The molecule has 7 rings (SSSR count). The molecule has 0 radical (unpaired) electrons. The van der Waals surface area contributed by atoms with Crippen LogP contribution >= 0.6 is 0 Å². The van der Waals surface area contributed by atoms with Crippen molar-refractivity contribution in [1.29, 1.82) is 0 Å². The highest BCUT2D eigenvalue weighted by Gasteiger charge is 2.29. The van der Waals surface area contributed by atoms with Crippen molar-refractivity contribution in [2.24, 2.45) is 0 Å². The summed E-state index contributed by atoms with van der Waals surface area (Å²) in [5.41, 5.74) is 8.80. The van der Waals surface area contributed by atoms with Crippen LogP contribution < -0.4 is 20.5 Å². The molecule has 2 N–H and O–H groups in total. The molecule has 1 saturated heterocycles. The topological polar surface area (TPSA) is 79.5 Å². The molecule has 1 unspecified atom stereocenters. The van der Waals surface area contributed by atoms with Gasteiger partial charge in [0.15, 0.2) is 0 Å². The maximum absolute atomic E-state index is 12.4. The Morgan fingerprint density at radius 3 is 2.95 bits per heavy atom. The highest BCUT2D eigenvalue weighted by atomic mass is 16.5. The lowest BCUT2D eigenvalue weighted by atomic mass is 9.95. The largest absolute Gasteiger partial charge is 0.456 e. The van der Waals surface area contributed by atoms with Gasteiger partial charge in [0.05, 0.1) is 6.61 Å². The zero-order chi connectivity index (χ0) is 26.9. The Labute approximate surface area is 233 Å². The second-order valence-corrected chi connectivity index (χ2v) is 10.7. The molecule has 7 nitrogen and oxygen atoms in total. The molecule has 1 fully saturated rings. The number of para-hydroxylation sites is 1. The van der Waals surface area contributed by atoms with Crippen LogP contribution in [-0.4, -0.2) is 29.7 Å². The highest BCUT2D eigenvalue weighted by molar-refractivity contribution is 5.67. The molecule has 0 saturated carbocycles. The van der Waals surface area contributed by atoms with E-state index in [4.69, 9.17) is 9.47 Å². The Hall–Kier alpha value is -4.36. The Balaban J connectivity index is 1.07. The summed E-state index contributed by atoms with van der Waals surface area (Å²) in [4.78, 5) is 21.7. The fourth-order valence-corrected chi connectivity index (χ4v) is 5.98. The van der Waals surface area contributed by atoms with Crippen molar-refractivity contribution in [3.05, 3.63) is 117 Å². The van der Waals surface area contributed by atoms with E-state index in [-0.39, 0.29) is 11.7 Å². The fourth-order valence-electron chi connectivity index (χ4n) is 5.98. The van der Waals surface area contributed by atoms with Crippen LogP contribution in [0.2, 0.25) is 0 Å². The highest BCUT2D eigenvalue weighted by Crippen LogP contribution is 2.43. The number of ether oxygens (including phenoxy) is 2. The summed E-state index contributed by atoms with van der Waals surface area (Å²) in [6.45, 7) is 2.53. The molecular weight excluding hydrogens is 500 g/mol. The van der Waals surface area contributed by atoms with Gasteiger partial charge in [0, 0.05) is 61.5 Å². The second-order valence-electron chi connectivity index (χ2n) is 10.7. The lowest BCUT2D eigenvalue weighted by Gasteiger charge is -2.35. The Morgan fingerprint density at radius 2 is 2.05 bits per heavy atom. The van der Waals surface area contributed by atoms with Crippen LogP contribution in [0.25, 0.3) is 5.57 Å². The van der Waals surface area contributed by atoms with Crippen molar-refractivity contribution in [3.8, 4) is 11.5 Å². The van der Waals surface area contributed by atoms with E-state index < -0.39 is 0 Å². The number of hydrogen-bond donors (Lipinski definition) is 2. The number of aromatic nitrogens is 2. The SMILES string of the molecule is O=c1[nH]cccc1N1CCOC(c2cccc3c2Oc2ccc(NCc4cncc(C5=CCCC5)c4)cc2C3)C1. The summed E-state index contributed by atoms with van der Waals surface area (Å²) >= 11 is 0. The Kier molecular flexibility index (Phi) is 6.57. The van der Waals surface area contributed by atoms with Crippen molar-refractivity contribution in [2.45, 2.75) is 38.3 Å². The first-order chi connectivity index (χ1) is 19.7. The molecule has 1 atom stereocenters. The number of pyridine rings is 2. The van der Waals surface area contributed by atoms with Crippen molar-refractivity contribution in [1.82, 2.24) is 9.97 Å². The number of hydrogen-bond acceptors (Lipinski definition) is 6. The van der Waals surface area contributed by atoms with Gasteiger partial charge in [-0.3, -0.25) is 9.78 Å². The summed E-state index contributed by atoms with van der Waals surface area (Å²) in [5.74, 6) is 1.74. The molecule has 0 spiro atoms. The number of nitrogens with zero attached hydrogens (tertiary/aromatic N) is 2. The maximum Gasteiger partial charge on any atom is 0.271 e. The molecule has 4 heterocycles. The predicted molar refractivity (Wildman–Crippen MR) is 157 cm³/mol. The van der Waals surface area contributed by atoms with E-state index in [1.807, 2.05) is 30.6 Å². The quantitative estimate of drug-likeness (QED) is 0.270. The van der Waals surface area contributed by atoms with Gasteiger partial charge >= 0.3 is 0 Å². The normalized spacial score (nSPS) is 17.9. The van der Waals surface area contributed by atoms with Crippen LogP contribution in [-0.2, 0) is 17.7 Å². The molecule has 1 aliphatic carbocycles. The van der Waals surface area contributed by atoms with Crippen LogP contribution in [0.5, 0.6) is 11.5 Å². The third-order valence-corrected chi connectivity index (χ3v) is 8.04. The number of benzene rings is 2. The van der Waals surface area contributed by atoms with E-state index in [0.29, 0.717) is 31.9 Å². The molecule has 7 heteroatoms. The van der Waals surface area contributed by atoms with Gasteiger partial charge in [-0.1, -0.05) is 24.3 Å². The van der Waals surface area contributed by atoms with Gasteiger partial charge in [-0.15, -0.1) is 0 Å². The van der Waals surface area contributed by atoms with Crippen LogP contribution in [0.1, 0.15) is 53.2 Å². The van der Waals surface area contributed by atoms with Gasteiger partial charge in [0.2, 0.25) is 0 Å². The lowest BCUT2D eigenvalue weighted by molar-refractivity contribution is 0.0383. The maximum atomic E-state index is 12.4. The number of aromatic amines is 1. The van der Waals surface area contributed by atoms with E-state index >= 15 is 0 Å². The standard InChI is InChI=1S/C33H32N4O3/c38-33-29(9-4-12-35-33)37-13-14-39-31(21-37)28-8-3-7-24-16-25-17-27(10-11-30(25)40-32(24)28)36-19-22-15-26(20-34-18-22)23-5-1-2-6-23/h3-5,7-12,15,17-18,20,31,36H,1-2,6,13-14,16,19,21H2,(H,35,38). The average molecular weight is 533 g/mol. The summed E-state index contributed by atoms with van der Waals surface area (Å²) in [6, 6.07) is 18.5. The third-order valence-electron chi connectivity index (χ3n) is 8.04. The molecule has 0 amide bonds. The van der Waals surface area contributed by atoms with E-state index in [9.17, 15) is 4.79 Å². The van der Waals surface area contributed by atoms with E-state index in [1.165, 1.54) is 29.5 Å². The average Bonchev–Trinajstić information content (AvgIpc) is 3.55. The molecule has 0 bridgehead atoms. The molecule has 3 aliphatic rings. The summed E-state index contributed by atoms with van der Waals surface area (Å²) in [5, 5.41) is 3.57. The molecule has 2 aromatic carbocycles. The van der Waals surface area contributed by atoms with Gasteiger partial charge in [-0.05, 0) is 77.9 Å². The number of allylic oxidation sites excluding steroid dienone is 2. The number of anilines is 2. The summed E-state index contributed by atoms with van der Waals surface area (Å²) in [6.07, 6.45) is 12.1. The predicted octanol–water partition coefficient (Wildman–Crippen LogP) is 6.22. The molecular formula is C33H32N4O3. The molecule has 2 aromatic heterocycles. The third kappa shape index (κ3) is 4.89. The molecule has 202 valence electrons. The minimum absolute atomic E-state index is 0.0806. The molecule has 2 aliphatic heterocycles. The van der Waals surface area contributed by atoms with Crippen LogP contribution in [0.3, 0.4) is 0 Å². The minimum atomic E-state index is -0.185. The van der Waals surface area contributed by atoms with E-state index in [2.05, 4.69) is 62.7 Å². The Morgan fingerprint density at radius 1 is 1.07 bits per heavy atom. The van der Waals surface area contributed by atoms with Crippen LogP contribution in [0.4, 0.5) is 11.4 Å². The van der Waals surface area contributed by atoms with Crippen LogP contribution in [0, 0.1) is 0 Å². The second kappa shape index (κ2) is 10.7. The molecule has 4 aromatic rings. The Bertz CT molecular complexity index is 1640. The minimum Gasteiger partial charge on any atom is -0.456 e. The first-order valence-electron chi connectivity index (χ1n) is 14.1. The summed E-state index contributed by atoms with van der Waals surface area (Å²) in [7, 11) is 0. The zero-order valence-corrected chi connectivity index (χ0v) is 22.4. The summed E-state index contributed by atoms with van der Waals surface area (Å²) < 4.78 is 12.7. The van der Waals surface area contributed by atoms with Gasteiger partial charge in [-0.2, -0.15) is 0 Å². The fraction of sp³-hybridized carbons (Fsp3) is 0.273. The van der Waals surface area contributed by atoms with Gasteiger partial charge in [0.25, 0.3) is 5.56 Å². The number of morpholine rings is 1. The van der Waals surface area contributed by atoms with E-state index in [1.54, 1.807) is 6.20 Å².